The van der Waals surface area contributed by atoms with E-state index in [1.54, 1.807) is 29.2 Å². The maximum Gasteiger partial charge on any atom is 0.260 e. The molecule has 0 aromatic heterocycles. The molecular formula is C17H27N3O3. The number of nitrogens with two attached hydrogens (primary N) is 1. The summed E-state index contributed by atoms with van der Waals surface area (Å²) < 4.78 is 5.51. The maximum atomic E-state index is 11.9. The van der Waals surface area contributed by atoms with E-state index in [0.29, 0.717) is 30.9 Å². The second-order valence-corrected chi connectivity index (χ2v) is 5.27. The Balaban J connectivity index is 2.60. The summed E-state index contributed by atoms with van der Waals surface area (Å²) in [4.78, 5) is 25.5. The van der Waals surface area contributed by atoms with Crippen molar-refractivity contribution in [2.45, 2.75) is 39.7 Å². The summed E-state index contributed by atoms with van der Waals surface area (Å²) in [7, 11) is 0. The molecule has 0 fully saturated rings. The summed E-state index contributed by atoms with van der Waals surface area (Å²) >= 11 is 0. The Labute approximate surface area is 138 Å². The van der Waals surface area contributed by atoms with E-state index in [9.17, 15) is 9.59 Å². The molecule has 1 rings (SSSR count). The molecule has 3 N–H and O–H groups in total. The van der Waals surface area contributed by atoms with Crippen molar-refractivity contribution in [1.82, 2.24) is 4.90 Å². The molecule has 0 bridgehead atoms. The number of amides is 2. The largest absolute Gasteiger partial charge is 0.484 e. The van der Waals surface area contributed by atoms with E-state index < -0.39 is 6.04 Å². The fraction of sp³-hybridized carbons (Fsp3) is 0.529. The Morgan fingerprint density at radius 2 is 1.96 bits per heavy atom. The van der Waals surface area contributed by atoms with E-state index in [4.69, 9.17) is 10.5 Å². The summed E-state index contributed by atoms with van der Waals surface area (Å²) in [5.41, 5.74) is 6.39. The normalized spacial score (nSPS) is 11.7. The number of likely N-dealkylation sites (N-methyl/N-ethyl adjacent to an activating group) is 1. The van der Waals surface area contributed by atoms with Gasteiger partial charge in [-0.3, -0.25) is 9.59 Å². The quantitative estimate of drug-likeness (QED) is 0.728. The maximum absolute atomic E-state index is 11.9. The number of benzene rings is 1. The van der Waals surface area contributed by atoms with Crippen LogP contribution in [-0.4, -0.2) is 42.5 Å². The van der Waals surface area contributed by atoms with Crippen LogP contribution in [0.3, 0.4) is 0 Å². The molecule has 0 radical (unpaired) electrons. The Kier molecular flexibility index (Phi) is 8.11. The van der Waals surface area contributed by atoms with Gasteiger partial charge in [0.2, 0.25) is 5.91 Å². The highest BCUT2D eigenvalue weighted by Gasteiger charge is 2.13. The molecule has 128 valence electrons. The molecule has 2 amide bonds. The predicted molar refractivity (Wildman–Crippen MR) is 91.4 cm³/mol. The molecule has 0 heterocycles. The first-order valence-corrected chi connectivity index (χ1v) is 8.08. The summed E-state index contributed by atoms with van der Waals surface area (Å²) in [5, 5.41) is 2.76. The lowest BCUT2D eigenvalue weighted by Gasteiger charge is -2.18. The lowest BCUT2D eigenvalue weighted by Crippen LogP contribution is -2.35. The zero-order valence-electron chi connectivity index (χ0n) is 14.2. The standard InChI is InChI=1S/C17H27N3O3/c1-4-8-15(18)17(22)19-13-9-7-10-14(11-13)23-12-16(21)20(5-2)6-3/h7,9-11,15H,4-6,8,12,18H2,1-3H3,(H,19,22). The Hall–Kier alpha value is -2.08. The van der Waals surface area contributed by atoms with Gasteiger partial charge in [0, 0.05) is 24.8 Å². The van der Waals surface area contributed by atoms with Crippen LogP contribution in [0.2, 0.25) is 0 Å². The third-order valence-electron chi connectivity index (χ3n) is 3.52. The molecular weight excluding hydrogens is 294 g/mol. The summed E-state index contributed by atoms with van der Waals surface area (Å²) in [6.07, 6.45) is 1.49. The highest BCUT2D eigenvalue weighted by Crippen LogP contribution is 2.17. The molecule has 0 spiro atoms. The third kappa shape index (κ3) is 6.28. The second-order valence-electron chi connectivity index (χ2n) is 5.27. The average Bonchev–Trinajstić information content (AvgIpc) is 2.54. The molecule has 0 saturated heterocycles. The van der Waals surface area contributed by atoms with Crippen molar-refractivity contribution in [2.24, 2.45) is 5.73 Å². The smallest absolute Gasteiger partial charge is 0.260 e. The number of carbonyl (C=O) groups is 2. The van der Waals surface area contributed by atoms with Gasteiger partial charge in [0.05, 0.1) is 6.04 Å². The highest BCUT2D eigenvalue weighted by atomic mass is 16.5. The number of ether oxygens (including phenoxy) is 1. The topological polar surface area (TPSA) is 84.7 Å². The van der Waals surface area contributed by atoms with Gasteiger partial charge in [-0.2, -0.15) is 0 Å². The first-order chi connectivity index (χ1) is 11.0. The van der Waals surface area contributed by atoms with Gasteiger partial charge in [-0.05, 0) is 32.4 Å². The molecule has 0 aliphatic carbocycles. The van der Waals surface area contributed by atoms with E-state index in [0.717, 1.165) is 6.42 Å². The number of hydrogen-bond donors (Lipinski definition) is 2. The Morgan fingerprint density at radius 3 is 2.57 bits per heavy atom. The molecule has 0 saturated carbocycles. The van der Waals surface area contributed by atoms with Gasteiger partial charge in [-0.25, -0.2) is 0 Å². The van der Waals surface area contributed by atoms with Crippen LogP contribution in [0.4, 0.5) is 5.69 Å². The average molecular weight is 321 g/mol. The van der Waals surface area contributed by atoms with Crippen LogP contribution in [0.25, 0.3) is 0 Å². The SMILES string of the molecule is CCCC(N)C(=O)Nc1cccc(OCC(=O)N(CC)CC)c1. The van der Waals surface area contributed by atoms with Crippen molar-refractivity contribution >= 4 is 17.5 Å². The molecule has 6 nitrogen and oxygen atoms in total. The first-order valence-electron chi connectivity index (χ1n) is 8.08. The number of carbonyl (C=O) groups excluding carboxylic acids is 2. The molecule has 1 unspecified atom stereocenters. The van der Waals surface area contributed by atoms with Gasteiger partial charge >= 0.3 is 0 Å². The number of nitrogens with zero attached hydrogens (tertiary/aromatic N) is 1. The Morgan fingerprint density at radius 1 is 1.26 bits per heavy atom. The van der Waals surface area contributed by atoms with E-state index in [1.807, 2.05) is 20.8 Å². The summed E-state index contributed by atoms with van der Waals surface area (Å²) in [6, 6.07) is 6.44. The first kappa shape index (κ1) is 19.0. The lowest BCUT2D eigenvalue weighted by atomic mass is 10.1. The van der Waals surface area contributed by atoms with Gasteiger partial charge in [0.1, 0.15) is 5.75 Å². The van der Waals surface area contributed by atoms with Crippen molar-refractivity contribution in [3.8, 4) is 5.75 Å². The van der Waals surface area contributed by atoms with Crippen LogP contribution in [-0.2, 0) is 9.59 Å². The van der Waals surface area contributed by atoms with Crippen LogP contribution in [0.5, 0.6) is 5.75 Å². The van der Waals surface area contributed by atoms with Crippen LogP contribution in [0, 0.1) is 0 Å². The molecule has 0 aliphatic heterocycles. The minimum absolute atomic E-state index is 0.0194. The van der Waals surface area contributed by atoms with Crippen LogP contribution in [0.15, 0.2) is 24.3 Å². The van der Waals surface area contributed by atoms with Crippen molar-refractivity contribution in [2.75, 3.05) is 25.0 Å². The van der Waals surface area contributed by atoms with Gasteiger partial charge in [-0.15, -0.1) is 0 Å². The predicted octanol–water partition coefficient (Wildman–Crippen LogP) is 2.00. The van der Waals surface area contributed by atoms with E-state index in [-0.39, 0.29) is 18.4 Å². The van der Waals surface area contributed by atoms with Crippen LogP contribution in [0.1, 0.15) is 33.6 Å². The van der Waals surface area contributed by atoms with Gasteiger partial charge < -0.3 is 20.7 Å². The minimum Gasteiger partial charge on any atom is -0.484 e. The van der Waals surface area contributed by atoms with Gasteiger partial charge in [0.25, 0.3) is 5.91 Å². The molecule has 0 aliphatic rings. The highest BCUT2D eigenvalue weighted by molar-refractivity contribution is 5.94. The second kappa shape index (κ2) is 9.84. The summed E-state index contributed by atoms with van der Waals surface area (Å²) in [5.74, 6) is 0.255. The van der Waals surface area contributed by atoms with Crippen molar-refractivity contribution in [1.29, 1.82) is 0 Å². The fourth-order valence-electron chi connectivity index (χ4n) is 2.15. The lowest BCUT2D eigenvalue weighted by molar-refractivity contribution is -0.133. The van der Waals surface area contributed by atoms with E-state index in [2.05, 4.69) is 5.32 Å². The third-order valence-corrected chi connectivity index (χ3v) is 3.52. The molecule has 23 heavy (non-hydrogen) atoms. The molecule has 1 atom stereocenters. The molecule has 1 aromatic rings. The zero-order valence-corrected chi connectivity index (χ0v) is 14.2. The fourth-order valence-corrected chi connectivity index (χ4v) is 2.15. The number of anilines is 1. The number of nitrogens with one attached hydrogen (secondary N) is 1. The number of hydrogen-bond acceptors (Lipinski definition) is 4. The van der Waals surface area contributed by atoms with Crippen molar-refractivity contribution < 1.29 is 14.3 Å². The van der Waals surface area contributed by atoms with Gasteiger partial charge in [0.15, 0.2) is 6.61 Å². The Bertz CT molecular complexity index is 516. The molecule has 1 aromatic carbocycles. The van der Waals surface area contributed by atoms with Crippen LogP contribution < -0.4 is 15.8 Å². The van der Waals surface area contributed by atoms with Crippen LogP contribution >= 0.6 is 0 Å². The molecule has 6 heteroatoms. The zero-order chi connectivity index (χ0) is 17.2. The van der Waals surface area contributed by atoms with Gasteiger partial charge in [-0.1, -0.05) is 19.4 Å². The van der Waals surface area contributed by atoms with Crippen molar-refractivity contribution in [3.05, 3.63) is 24.3 Å². The van der Waals surface area contributed by atoms with E-state index >= 15 is 0 Å². The van der Waals surface area contributed by atoms with E-state index in [1.165, 1.54) is 0 Å². The minimum atomic E-state index is -0.520. The monoisotopic (exact) mass is 321 g/mol. The number of rotatable bonds is 9. The summed E-state index contributed by atoms with van der Waals surface area (Å²) in [6.45, 7) is 7.13. The van der Waals surface area contributed by atoms with Crippen molar-refractivity contribution in [3.63, 3.8) is 0 Å².